The number of likely N-dealkylation sites (tertiary alicyclic amines) is 1. The number of carbonyl (C=O) groups is 3. The zero-order valence-electron chi connectivity index (χ0n) is 13.7. The average Bonchev–Trinajstić information content (AvgIpc) is 2.92. The fourth-order valence-electron chi connectivity index (χ4n) is 2.78. The first-order valence-electron chi connectivity index (χ1n) is 7.82. The van der Waals surface area contributed by atoms with E-state index in [9.17, 15) is 14.4 Å². The minimum atomic E-state index is -1.08. The number of benzene rings is 1. The van der Waals surface area contributed by atoms with Gasteiger partial charge in [-0.2, -0.15) is 0 Å². The lowest BCUT2D eigenvalue weighted by atomic mass is 10.1. The quantitative estimate of drug-likeness (QED) is 0.752. The number of hydrogen-bond acceptors (Lipinski definition) is 4. The molecule has 7 nitrogen and oxygen atoms in total. The van der Waals surface area contributed by atoms with Crippen molar-refractivity contribution in [1.29, 1.82) is 0 Å². The van der Waals surface area contributed by atoms with Crippen LogP contribution in [-0.4, -0.2) is 66.0 Å². The Hall–Kier alpha value is -2.41. The summed E-state index contributed by atoms with van der Waals surface area (Å²) in [7, 11) is 1.49. The highest BCUT2D eigenvalue weighted by Crippen LogP contribution is 2.22. The van der Waals surface area contributed by atoms with Crippen LogP contribution in [0.3, 0.4) is 0 Å². The maximum atomic E-state index is 12.6. The summed E-state index contributed by atoms with van der Waals surface area (Å²) in [5.74, 6) is -1.97. The number of carboxylic acids is 1. The van der Waals surface area contributed by atoms with Crippen LogP contribution in [0.15, 0.2) is 30.3 Å². The molecule has 1 unspecified atom stereocenters. The van der Waals surface area contributed by atoms with Crippen LogP contribution in [0.25, 0.3) is 0 Å². The molecule has 1 aliphatic rings. The van der Waals surface area contributed by atoms with Gasteiger partial charge in [0.05, 0.1) is 12.5 Å². The van der Waals surface area contributed by atoms with Crippen molar-refractivity contribution in [3.63, 3.8) is 0 Å². The SMILES string of the molecule is COCCN(CC(=O)O)C(=O)C1CC(=O)N(Cc2ccccc2)C1. The molecule has 7 heteroatoms. The maximum Gasteiger partial charge on any atom is 0.323 e. The molecule has 0 aromatic heterocycles. The predicted molar refractivity (Wildman–Crippen MR) is 86.1 cm³/mol. The molecule has 1 heterocycles. The standard InChI is InChI=1S/C17H22N2O5/c1-24-8-7-18(12-16(21)22)17(23)14-9-15(20)19(11-14)10-13-5-3-2-4-6-13/h2-6,14H,7-12H2,1H3,(H,21,22). The molecule has 1 aromatic rings. The molecule has 0 saturated carbocycles. The van der Waals surface area contributed by atoms with Gasteiger partial charge in [-0.15, -0.1) is 0 Å². The van der Waals surface area contributed by atoms with E-state index in [1.165, 1.54) is 12.0 Å². The smallest absolute Gasteiger partial charge is 0.323 e. The Balaban J connectivity index is 1.99. The van der Waals surface area contributed by atoms with Gasteiger partial charge >= 0.3 is 5.97 Å². The minimum Gasteiger partial charge on any atom is -0.480 e. The number of rotatable bonds is 8. The molecule has 1 atom stereocenters. The number of methoxy groups -OCH3 is 1. The molecule has 1 N–H and O–H groups in total. The van der Waals surface area contributed by atoms with Crippen LogP contribution in [0.4, 0.5) is 0 Å². The van der Waals surface area contributed by atoms with E-state index in [4.69, 9.17) is 9.84 Å². The zero-order valence-corrected chi connectivity index (χ0v) is 13.7. The third-order valence-electron chi connectivity index (χ3n) is 3.98. The van der Waals surface area contributed by atoms with Crippen molar-refractivity contribution >= 4 is 17.8 Å². The molecule has 1 fully saturated rings. The highest BCUT2D eigenvalue weighted by Gasteiger charge is 2.36. The second kappa shape index (κ2) is 8.44. The number of carbonyl (C=O) groups excluding carboxylic acids is 2. The Morgan fingerprint density at radius 3 is 2.67 bits per heavy atom. The summed E-state index contributed by atoms with van der Waals surface area (Å²) in [6.45, 7) is 0.847. The molecule has 24 heavy (non-hydrogen) atoms. The van der Waals surface area contributed by atoms with Gasteiger partial charge in [0.25, 0.3) is 0 Å². The van der Waals surface area contributed by atoms with Crippen molar-refractivity contribution in [2.24, 2.45) is 5.92 Å². The summed E-state index contributed by atoms with van der Waals surface area (Å²) in [6.07, 6.45) is 0.120. The fourth-order valence-corrected chi connectivity index (χ4v) is 2.78. The lowest BCUT2D eigenvalue weighted by Crippen LogP contribution is -2.42. The molecule has 1 saturated heterocycles. The van der Waals surface area contributed by atoms with Crippen molar-refractivity contribution in [2.45, 2.75) is 13.0 Å². The van der Waals surface area contributed by atoms with E-state index in [0.29, 0.717) is 13.1 Å². The molecule has 1 aliphatic heterocycles. The first-order valence-corrected chi connectivity index (χ1v) is 7.82. The van der Waals surface area contributed by atoms with Gasteiger partial charge in [0.1, 0.15) is 6.54 Å². The molecule has 2 amide bonds. The molecule has 0 bridgehead atoms. The van der Waals surface area contributed by atoms with Crippen molar-refractivity contribution in [2.75, 3.05) is 33.4 Å². The van der Waals surface area contributed by atoms with Gasteiger partial charge in [-0.1, -0.05) is 30.3 Å². The second-order valence-electron chi connectivity index (χ2n) is 5.81. The molecule has 0 spiro atoms. The van der Waals surface area contributed by atoms with Crippen LogP contribution in [0.1, 0.15) is 12.0 Å². The average molecular weight is 334 g/mol. The molecule has 1 aromatic carbocycles. The Labute approximate surface area is 140 Å². The third-order valence-corrected chi connectivity index (χ3v) is 3.98. The summed E-state index contributed by atoms with van der Waals surface area (Å²) in [5, 5.41) is 8.96. The number of nitrogens with zero attached hydrogens (tertiary/aromatic N) is 2. The Kier molecular flexibility index (Phi) is 6.31. The van der Waals surface area contributed by atoms with E-state index in [2.05, 4.69) is 0 Å². The first-order chi connectivity index (χ1) is 11.5. The normalized spacial score (nSPS) is 17.1. The summed E-state index contributed by atoms with van der Waals surface area (Å²) in [6, 6.07) is 9.56. The number of carboxylic acid groups (broad SMARTS) is 1. The van der Waals surface area contributed by atoms with Crippen LogP contribution in [0.2, 0.25) is 0 Å². The van der Waals surface area contributed by atoms with E-state index in [1.54, 1.807) is 4.90 Å². The van der Waals surface area contributed by atoms with E-state index >= 15 is 0 Å². The van der Waals surface area contributed by atoms with E-state index in [1.807, 2.05) is 30.3 Å². The number of aliphatic carboxylic acids is 1. The number of hydrogen-bond donors (Lipinski definition) is 1. The van der Waals surface area contributed by atoms with Crippen molar-refractivity contribution in [3.05, 3.63) is 35.9 Å². The van der Waals surface area contributed by atoms with Crippen LogP contribution >= 0.6 is 0 Å². The van der Waals surface area contributed by atoms with E-state index < -0.39 is 11.9 Å². The van der Waals surface area contributed by atoms with Crippen LogP contribution in [0, 0.1) is 5.92 Å². The second-order valence-corrected chi connectivity index (χ2v) is 5.81. The lowest BCUT2D eigenvalue weighted by Gasteiger charge is -2.23. The lowest BCUT2D eigenvalue weighted by molar-refractivity contribution is -0.146. The molecular weight excluding hydrogens is 312 g/mol. The number of ether oxygens (including phenoxy) is 1. The predicted octanol–water partition coefficient (Wildman–Crippen LogP) is 0.595. The van der Waals surface area contributed by atoms with Crippen LogP contribution < -0.4 is 0 Å². The topological polar surface area (TPSA) is 87.1 Å². The van der Waals surface area contributed by atoms with E-state index in [-0.39, 0.29) is 37.9 Å². The van der Waals surface area contributed by atoms with Gasteiger partial charge in [-0.3, -0.25) is 14.4 Å². The van der Waals surface area contributed by atoms with Gasteiger partial charge < -0.3 is 19.6 Å². The van der Waals surface area contributed by atoms with Crippen LogP contribution in [-0.2, 0) is 25.7 Å². The molecule has 130 valence electrons. The molecule has 0 radical (unpaired) electrons. The van der Waals surface area contributed by atoms with Crippen LogP contribution in [0.5, 0.6) is 0 Å². The van der Waals surface area contributed by atoms with E-state index in [0.717, 1.165) is 5.56 Å². The molecule has 2 rings (SSSR count). The highest BCUT2D eigenvalue weighted by atomic mass is 16.5. The summed E-state index contributed by atoms with van der Waals surface area (Å²) in [4.78, 5) is 38.6. The van der Waals surface area contributed by atoms with Crippen molar-refractivity contribution < 1.29 is 24.2 Å². The van der Waals surface area contributed by atoms with Crippen molar-refractivity contribution in [1.82, 2.24) is 9.80 Å². The summed E-state index contributed by atoms with van der Waals surface area (Å²) >= 11 is 0. The summed E-state index contributed by atoms with van der Waals surface area (Å²) < 4.78 is 4.92. The fraction of sp³-hybridized carbons (Fsp3) is 0.471. The van der Waals surface area contributed by atoms with Crippen molar-refractivity contribution in [3.8, 4) is 0 Å². The van der Waals surface area contributed by atoms with Gasteiger partial charge in [0.15, 0.2) is 0 Å². The first kappa shape index (κ1) is 17.9. The van der Waals surface area contributed by atoms with Gasteiger partial charge in [0, 0.05) is 33.2 Å². The Morgan fingerprint density at radius 2 is 2.04 bits per heavy atom. The highest BCUT2D eigenvalue weighted by molar-refractivity contribution is 5.90. The Morgan fingerprint density at radius 1 is 1.33 bits per heavy atom. The Bertz CT molecular complexity index is 590. The van der Waals surface area contributed by atoms with Gasteiger partial charge in [-0.25, -0.2) is 0 Å². The van der Waals surface area contributed by atoms with Gasteiger partial charge in [0.2, 0.25) is 11.8 Å². The number of amides is 2. The zero-order chi connectivity index (χ0) is 17.5. The third kappa shape index (κ3) is 4.79. The summed E-state index contributed by atoms with van der Waals surface area (Å²) in [5.41, 5.74) is 1.00. The van der Waals surface area contributed by atoms with Gasteiger partial charge in [-0.05, 0) is 5.56 Å². The molecular formula is C17H22N2O5. The monoisotopic (exact) mass is 334 g/mol. The largest absolute Gasteiger partial charge is 0.480 e. The minimum absolute atomic E-state index is 0.0841. The molecule has 0 aliphatic carbocycles. The maximum absolute atomic E-state index is 12.6.